The Labute approximate surface area is 148 Å². The first-order valence-corrected chi connectivity index (χ1v) is 8.26. The maximum atomic E-state index is 9.62. The van der Waals surface area contributed by atoms with Gasteiger partial charge in [0, 0.05) is 6.07 Å². The van der Waals surface area contributed by atoms with Gasteiger partial charge in [-0.1, -0.05) is 11.6 Å². The van der Waals surface area contributed by atoms with Crippen LogP contribution >= 0.6 is 11.6 Å². The molecule has 9 nitrogen and oxygen atoms in total. The summed E-state index contributed by atoms with van der Waals surface area (Å²) in [6.07, 6.45) is -0.268. The largest absolute Gasteiger partial charge is 0.394 e. The van der Waals surface area contributed by atoms with Gasteiger partial charge in [0.05, 0.1) is 31.0 Å². The minimum absolute atomic E-state index is 0.180. The SMILES string of the molecule is CONc1cc(Cl)nc2c1cnn2[C@@H]1O[C@H](CO)[C@H]2OC(C)(C)O[C@H]21. The lowest BCUT2D eigenvalue weighted by Gasteiger charge is -2.23. The van der Waals surface area contributed by atoms with E-state index in [2.05, 4.69) is 15.6 Å². The van der Waals surface area contributed by atoms with Crippen LogP contribution in [-0.4, -0.2) is 57.7 Å². The van der Waals surface area contributed by atoms with E-state index in [4.69, 9.17) is 30.6 Å². The molecule has 2 aromatic heterocycles. The predicted molar refractivity (Wildman–Crippen MR) is 88.0 cm³/mol. The molecule has 4 rings (SSSR count). The number of aromatic nitrogens is 3. The molecule has 0 amide bonds. The van der Waals surface area contributed by atoms with Gasteiger partial charge in [0.25, 0.3) is 0 Å². The topological polar surface area (TPSA) is 99.9 Å². The highest BCUT2D eigenvalue weighted by Crippen LogP contribution is 2.43. The van der Waals surface area contributed by atoms with E-state index < -0.39 is 24.2 Å². The Morgan fingerprint density at radius 1 is 1.40 bits per heavy atom. The van der Waals surface area contributed by atoms with Crippen molar-refractivity contribution in [3.8, 4) is 0 Å². The number of pyridine rings is 1. The van der Waals surface area contributed by atoms with Crippen molar-refractivity contribution >= 4 is 28.3 Å². The summed E-state index contributed by atoms with van der Waals surface area (Å²) in [7, 11) is 1.51. The van der Waals surface area contributed by atoms with Gasteiger partial charge in [0.1, 0.15) is 23.5 Å². The summed E-state index contributed by atoms with van der Waals surface area (Å²) in [6, 6.07) is 1.65. The van der Waals surface area contributed by atoms with Crippen molar-refractivity contribution in [2.75, 3.05) is 19.2 Å². The van der Waals surface area contributed by atoms with E-state index in [1.807, 2.05) is 13.8 Å². The molecule has 2 N–H and O–H groups in total. The van der Waals surface area contributed by atoms with Crippen molar-refractivity contribution in [3.63, 3.8) is 0 Å². The van der Waals surface area contributed by atoms with Gasteiger partial charge in [-0.25, -0.2) is 9.67 Å². The number of ether oxygens (including phenoxy) is 3. The fourth-order valence-electron chi connectivity index (χ4n) is 3.37. The van der Waals surface area contributed by atoms with Crippen LogP contribution in [0.1, 0.15) is 20.1 Å². The van der Waals surface area contributed by atoms with Crippen LogP contribution in [-0.2, 0) is 19.0 Å². The first kappa shape index (κ1) is 17.0. The van der Waals surface area contributed by atoms with E-state index in [1.165, 1.54) is 7.11 Å². The lowest BCUT2D eigenvalue weighted by atomic mass is 10.1. The summed E-state index contributed by atoms with van der Waals surface area (Å²) < 4.78 is 19.4. The van der Waals surface area contributed by atoms with Crippen molar-refractivity contribution in [2.45, 2.75) is 44.2 Å². The minimum Gasteiger partial charge on any atom is -0.394 e. The molecule has 0 unspecified atom stereocenters. The average Bonchev–Trinajstić information content (AvgIpc) is 3.18. The normalized spacial score (nSPS) is 30.8. The highest BCUT2D eigenvalue weighted by atomic mass is 35.5. The summed E-state index contributed by atoms with van der Waals surface area (Å²) >= 11 is 6.12. The molecular weight excluding hydrogens is 352 g/mol. The standard InChI is InChI=1S/C15H19ClN4O5/c1-15(2)24-11-9(6-21)23-14(12(11)25-15)20-13-7(5-17-20)8(19-22-3)4-10(16)18-13/h4-5,9,11-12,14,21H,6H2,1-3H3,(H,18,19)/t9-,11-,12-,14-/m1/s1. The predicted octanol–water partition coefficient (Wildman–Crippen LogP) is 1.47. The third-order valence-electron chi connectivity index (χ3n) is 4.29. The third-order valence-corrected chi connectivity index (χ3v) is 4.49. The fourth-order valence-corrected chi connectivity index (χ4v) is 3.56. The number of hydrogen-bond acceptors (Lipinski definition) is 8. The van der Waals surface area contributed by atoms with E-state index in [0.717, 1.165) is 5.39 Å². The Hall–Kier alpha value is -1.49. The number of hydrogen-bond donors (Lipinski definition) is 2. The molecule has 2 saturated heterocycles. The molecule has 4 atom stereocenters. The summed E-state index contributed by atoms with van der Waals surface area (Å²) in [5, 5.41) is 15.0. The molecule has 0 aromatic carbocycles. The zero-order valence-corrected chi connectivity index (χ0v) is 14.7. The van der Waals surface area contributed by atoms with Crippen LogP contribution in [0.15, 0.2) is 12.3 Å². The molecule has 2 aromatic rings. The van der Waals surface area contributed by atoms with Crippen molar-refractivity contribution in [1.82, 2.24) is 14.8 Å². The second-order valence-electron chi connectivity index (χ2n) is 6.44. The number of aliphatic hydroxyl groups is 1. The van der Waals surface area contributed by atoms with Crippen LogP contribution in [0, 0.1) is 0 Å². The Morgan fingerprint density at radius 2 is 2.16 bits per heavy atom. The Balaban J connectivity index is 1.77. The summed E-state index contributed by atoms with van der Waals surface area (Å²) in [5.74, 6) is -0.762. The number of halogens is 1. The molecule has 0 spiro atoms. The van der Waals surface area contributed by atoms with Crippen LogP contribution in [0.5, 0.6) is 0 Å². The number of rotatable bonds is 4. The molecular formula is C15H19ClN4O5. The van der Waals surface area contributed by atoms with Crippen molar-refractivity contribution in [1.29, 1.82) is 0 Å². The van der Waals surface area contributed by atoms with Crippen molar-refractivity contribution in [2.24, 2.45) is 0 Å². The molecule has 4 heterocycles. The van der Waals surface area contributed by atoms with Gasteiger partial charge in [-0.05, 0) is 13.8 Å². The maximum absolute atomic E-state index is 9.62. The molecule has 0 saturated carbocycles. The van der Waals surface area contributed by atoms with Gasteiger partial charge in [0.15, 0.2) is 17.7 Å². The summed E-state index contributed by atoms with van der Waals surface area (Å²) in [4.78, 5) is 9.33. The maximum Gasteiger partial charge on any atom is 0.181 e. The third kappa shape index (κ3) is 2.77. The van der Waals surface area contributed by atoms with Gasteiger partial charge in [-0.3, -0.25) is 10.3 Å². The first-order chi connectivity index (χ1) is 11.9. The zero-order chi connectivity index (χ0) is 17.8. The molecule has 0 bridgehead atoms. The number of nitrogens with one attached hydrogen (secondary N) is 1. The summed E-state index contributed by atoms with van der Waals surface area (Å²) in [6.45, 7) is 3.47. The Bertz CT molecular complexity index is 798. The van der Waals surface area contributed by atoms with Crippen molar-refractivity contribution < 1.29 is 24.2 Å². The average molecular weight is 371 g/mol. The smallest absolute Gasteiger partial charge is 0.181 e. The van der Waals surface area contributed by atoms with Gasteiger partial charge >= 0.3 is 0 Å². The number of aliphatic hydroxyl groups excluding tert-OH is 1. The Kier molecular flexibility index (Phi) is 4.10. The monoisotopic (exact) mass is 370 g/mol. The van der Waals surface area contributed by atoms with E-state index in [9.17, 15) is 5.11 Å². The minimum atomic E-state index is -0.762. The molecule has 25 heavy (non-hydrogen) atoms. The summed E-state index contributed by atoms with van der Waals surface area (Å²) in [5.41, 5.74) is 3.92. The van der Waals surface area contributed by atoms with E-state index in [1.54, 1.807) is 16.9 Å². The molecule has 136 valence electrons. The van der Waals surface area contributed by atoms with Crippen molar-refractivity contribution in [3.05, 3.63) is 17.4 Å². The molecule has 0 radical (unpaired) electrons. The van der Waals surface area contributed by atoms with Crippen LogP contribution in [0.3, 0.4) is 0 Å². The van der Waals surface area contributed by atoms with Crippen LogP contribution in [0.4, 0.5) is 5.69 Å². The van der Waals surface area contributed by atoms with Gasteiger partial charge in [-0.2, -0.15) is 5.10 Å². The fraction of sp³-hybridized carbons (Fsp3) is 0.600. The van der Waals surface area contributed by atoms with E-state index in [0.29, 0.717) is 11.3 Å². The number of fused-ring (bicyclic) bond motifs is 2. The van der Waals surface area contributed by atoms with Crippen LogP contribution in [0.25, 0.3) is 11.0 Å². The van der Waals surface area contributed by atoms with E-state index in [-0.39, 0.29) is 17.9 Å². The highest BCUT2D eigenvalue weighted by Gasteiger charge is 2.56. The van der Waals surface area contributed by atoms with Crippen LogP contribution in [0.2, 0.25) is 5.15 Å². The number of nitrogens with zero attached hydrogens (tertiary/aromatic N) is 3. The van der Waals surface area contributed by atoms with E-state index >= 15 is 0 Å². The first-order valence-electron chi connectivity index (χ1n) is 7.88. The molecule has 2 aliphatic heterocycles. The second kappa shape index (κ2) is 6.04. The van der Waals surface area contributed by atoms with Gasteiger partial charge in [0.2, 0.25) is 0 Å². The quantitative estimate of drug-likeness (QED) is 0.616. The molecule has 2 aliphatic rings. The lowest BCUT2D eigenvalue weighted by Crippen LogP contribution is -2.31. The molecule has 2 fully saturated rings. The molecule has 0 aliphatic carbocycles. The number of anilines is 1. The van der Waals surface area contributed by atoms with Crippen LogP contribution < -0.4 is 5.48 Å². The lowest BCUT2D eigenvalue weighted by molar-refractivity contribution is -0.201. The van der Waals surface area contributed by atoms with Gasteiger partial charge in [-0.15, -0.1) is 0 Å². The highest BCUT2D eigenvalue weighted by molar-refractivity contribution is 6.30. The molecule has 10 heteroatoms. The van der Waals surface area contributed by atoms with Gasteiger partial charge < -0.3 is 19.3 Å². The second-order valence-corrected chi connectivity index (χ2v) is 6.82. The Morgan fingerprint density at radius 3 is 2.88 bits per heavy atom. The zero-order valence-electron chi connectivity index (χ0n) is 14.0.